The second-order valence-corrected chi connectivity index (χ2v) is 4.47. The van der Waals surface area contributed by atoms with Gasteiger partial charge in [-0.3, -0.25) is 0 Å². The molecule has 3 heteroatoms. The van der Waals surface area contributed by atoms with Gasteiger partial charge in [0.05, 0.1) is 17.8 Å². The summed E-state index contributed by atoms with van der Waals surface area (Å²) < 4.78 is 5.75. The van der Waals surface area contributed by atoms with E-state index >= 15 is 0 Å². The predicted octanol–water partition coefficient (Wildman–Crippen LogP) is 3.80. The Balaban J connectivity index is 1.79. The smallest absolute Gasteiger partial charge is 0.199 e. The van der Waals surface area contributed by atoms with Crippen LogP contribution >= 0.6 is 0 Å². The van der Waals surface area contributed by atoms with E-state index in [0.717, 1.165) is 16.9 Å². The molecule has 0 spiro atoms. The fourth-order valence-electron chi connectivity index (χ4n) is 2.00. The van der Waals surface area contributed by atoms with E-state index in [0.29, 0.717) is 17.9 Å². The molecule has 0 aliphatic rings. The van der Waals surface area contributed by atoms with Gasteiger partial charge < -0.3 is 4.42 Å². The lowest BCUT2D eigenvalue weighted by molar-refractivity contribution is 0.519. The summed E-state index contributed by atoms with van der Waals surface area (Å²) in [5, 5.41) is 8.77. The van der Waals surface area contributed by atoms with Crippen LogP contribution in [0, 0.1) is 11.3 Å². The zero-order chi connectivity index (χ0) is 13.8. The van der Waals surface area contributed by atoms with Crippen molar-refractivity contribution in [3.8, 4) is 17.4 Å². The molecule has 20 heavy (non-hydrogen) atoms. The highest BCUT2D eigenvalue weighted by Crippen LogP contribution is 2.21. The summed E-state index contributed by atoms with van der Waals surface area (Å²) in [6.45, 7) is 0. The summed E-state index contributed by atoms with van der Waals surface area (Å²) in [6, 6.07) is 19.4. The van der Waals surface area contributed by atoms with E-state index < -0.39 is 0 Å². The van der Waals surface area contributed by atoms with Crippen LogP contribution < -0.4 is 0 Å². The number of hydrogen-bond acceptors (Lipinski definition) is 3. The Labute approximate surface area is 117 Å². The van der Waals surface area contributed by atoms with Crippen LogP contribution in [0.4, 0.5) is 0 Å². The zero-order valence-electron chi connectivity index (χ0n) is 10.8. The van der Waals surface area contributed by atoms with E-state index in [-0.39, 0.29) is 0 Å². The van der Waals surface area contributed by atoms with Gasteiger partial charge in [0, 0.05) is 12.0 Å². The fourth-order valence-corrected chi connectivity index (χ4v) is 2.00. The van der Waals surface area contributed by atoms with Gasteiger partial charge in [0.15, 0.2) is 11.7 Å². The van der Waals surface area contributed by atoms with Gasteiger partial charge in [0.25, 0.3) is 0 Å². The van der Waals surface area contributed by atoms with Crippen LogP contribution in [0.15, 0.2) is 65.2 Å². The Morgan fingerprint density at radius 3 is 2.45 bits per heavy atom. The Hall–Kier alpha value is -2.86. The molecule has 0 saturated heterocycles. The molecule has 1 aromatic heterocycles. The highest BCUT2D eigenvalue weighted by atomic mass is 16.4. The number of nitrogens with zero attached hydrogens (tertiary/aromatic N) is 2. The average molecular weight is 260 g/mol. The van der Waals surface area contributed by atoms with Crippen LogP contribution in [0.5, 0.6) is 0 Å². The largest absolute Gasteiger partial charge is 0.440 e. The van der Waals surface area contributed by atoms with Crippen molar-refractivity contribution in [2.24, 2.45) is 0 Å². The first kappa shape index (κ1) is 12.2. The van der Waals surface area contributed by atoms with E-state index in [1.165, 1.54) is 0 Å². The van der Waals surface area contributed by atoms with Crippen LogP contribution in [-0.4, -0.2) is 4.98 Å². The maximum Gasteiger partial charge on any atom is 0.199 e. The molecule has 3 nitrogen and oxygen atoms in total. The van der Waals surface area contributed by atoms with Gasteiger partial charge in [-0.25, -0.2) is 4.98 Å². The number of nitriles is 1. The van der Waals surface area contributed by atoms with Gasteiger partial charge in [-0.05, 0) is 17.7 Å². The fraction of sp³-hybridized carbons (Fsp3) is 0.0588. The van der Waals surface area contributed by atoms with E-state index in [1.54, 1.807) is 18.3 Å². The molecule has 3 aromatic rings. The summed E-state index contributed by atoms with van der Waals surface area (Å²) in [5.41, 5.74) is 2.75. The molecule has 3 rings (SSSR count). The van der Waals surface area contributed by atoms with Crippen molar-refractivity contribution in [1.29, 1.82) is 5.26 Å². The Kier molecular flexibility index (Phi) is 3.30. The standard InChI is InChI=1S/C17H12N2O/c18-11-14-8-6-13(7-9-14)10-17-19-12-16(20-17)15-4-2-1-3-5-15/h1-9,12H,10H2. The minimum Gasteiger partial charge on any atom is -0.440 e. The molecular weight excluding hydrogens is 248 g/mol. The van der Waals surface area contributed by atoms with Gasteiger partial charge in [0.1, 0.15) is 0 Å². The third-order valence-corrected chi connectivity index (χ3v) is 3.05. The Morgan fingerprint density at radius 2 is 1.75 bits per heavy atom. The van der Waals surface area contributed by atoms with Gasteiger partial charge in [0.2, 0.25) is 0 Å². The maximum atomic E-state index is 8.77. The molecule has 0 amide bonds. The SMILES string of the molecule is N#Cc1ccc(Cc2ncc(-c3ccccc3)o2)cc1. The van der Waals surface area contributed by atoms with Gasteiger partial charge in [-0.1, -0.05) is 42.5 Å². The monoisotopic (exact) mass is 260 g/mol. The van der Waals surface area contributed by atoms with Crippen molar-refractivity contribution < 1.29 is 4.42 Å². The van der Waals surface area contributed by atoms with Crippen LogP contribution in [0.2, 0.25) is 0 Å². The molecule has 0 N–H and O–H groups in total. The third kappa shape index (κ3) is 2.60. The lowest BCUT2D eigenvalue weighted by atomic mass is 10.1. The number of benzene rings is 2. The first-order chi connectivity index (χ1) is 9.85. The third-order valence-electron chi connectivity index (χ3n) is 3.05. The van der Waals surface area contributed by atoms with Gasteiger partial charge >= 0.3 is 0 Å². The van der Waals surface area contributed by atoms with Crippen LogP contribution in [0.1, 0.15) is 17.0 Å². The molecule has 1 heterocycles. The molecule has 2 aromatic carbocycles. The molecule has 0 aliphatic carbocycles. The van der Waals surface area contributed by atoms with Crippen molar-refractivity contribution in [2.75, 3.05) is 0 Å². The quantitative estimate of drug-likeness (QED) is 0.719. The molecule has 0 aliphatic heterocycles. The van der Waals surface area contributed by atoms with E-state index in [2.05, 4.69) is 11.1 Å². The Morgan fingerprint density at radius 1 is 1.00 bits per heavy atom. The molecule has 0 unspecified atom stereocenters. The lowest BCUT2D eigenvalue weighted by Crippen LogP contribution is -1.87. The summed E-state index contributed by atoms with van der Waals surface area (Å²) in [4.78, 5) is 4.30. The normalized spacial score (nSPS) is 10.2. The van der Waals surface area contributed by atoms with Crippen LogP contribution in [-0.2, 0) is 6.42 Å². The predicted molar refractivity (Wildman–Crippen MR) is 75.9 cm³/mol. The van der Waals surface area contributed by atoms with Crippen molar-refractivity contribution in [2.45, 2.75) is 6.42 Å². The van der Waals surface area contributed by atoms with Crippen LogP contribution in [0.3, 0.4) is 0 Å². The Bertz CT molecular complexity index is 737. The van der Waals surface area contributed by atoms with Crippen molar-refractivity contribution in [3.63, 3.8) is 0 Å². The van der Waals surface area contributed by atoms with E-state index in [9.17, 15) is 0 Å². The number of aromatic nitrogens is 1. The second-order valence-electron chi connectivity index (χ2n) is 4.47. The van der Waals surface area contributed by atoms with Crippen molar-refractivity contribution in [3.05, 3.63) is 77.8 Å². The maximum absolute atomic E-state index is 8.77. The van der Waals surface area contributed by atoms with Gasteiger partial charge in [-0.15, -0.1) is 0 Å². The molecule has 0 atom stereocenters. The summed E-state index contributed by atoms with van der Waals surface area (Å²) in [7, 11) is 0. The molecule has 0 radical (unpaired) electrons. The minimum atomic E-state index is 0.624. The second kappa shape index (κ2) is 5.41. The molecule has 0 bridgehead atoms. The molecule has 0 saturated carbocycles. The van der Waals surface area contributed by atoms with Gasteiger partial charge in [-0.2, -0.15) is 5.26 Å². The van der Waals surface area contributed by atoms with E-state index in [1.807, 2.05) is 42.5 Å². The molecule has 96 valence electrons. The van der Waals surface area contributed by atoms with E-state index in [4.69, 9.17) is 9.68 Å². The topological polar surface area (TPSA) is 49.8 Å². The zero-order valence-corrected chi connectivity index (χ0v) is 10.8. The van der Waals surface area contributed by atoms with Crippen molar-refractivity contribution >= 4 is 0 Å². The lowest BCUT2D eigenvalue weighted by Gasteiger charge is -1.98. The number of oxazole rings is 1. The number of rotatable bonds is 3. The first-order valence-electron chi connectivity index (χ1n) is 6.34. The summed E-state index contributed by atoms with van der Waals surface area (Å²) >= 11 is 0. The van der Waals surface area contributed by atoms with Crippen LogP contribution in [0.25, 0.3) is 11.3 Å². The number of hydrogen-bond donors (Lipinski definition) is 0. The molecular formula is C17H12N2O. The average Bonchev–Trinajstić information content (AvgIpc) is 2.97. The summed E-state index contributed by atoms with van der Waals surface area (Å²) in [6.07, 6.45) is 2.37. The minimum absolute atomic E-state index is 0.624. The van der Waals surface area contributed by atoms with Crippen molar-refractivity contribution in [1.82, 2.24) is 4.98 Å². The highest BCUT2D eigenvalue weighted by molar-refractivity contribution is 5.55. The summed E-state index contributed by atoms with van der Waals surface area (Å²) in [5.74, 6) is 1.45. The highest BCUT2D eigenvalue weighted by Gasteiger charge is 2.06. The molecule has 0 fully saturated rings. The first-order valence-corrected chi connectivity index (χ1v) is 6.34.